The predicted octanol–water partition coefficient (Wildman–Crippen LogP) is 2.29. The van der Waals surface area contributed by atoms with Crippen molar-refractivity contribution in [1.82, 2.24) is 29.3 Å². The number of aryl methyl sites for hydroxylation is 1. The molecule has 2 bridgehead atoms. The van der Waals surface area contributed by atoms with E-state index in [9.17, 15) is 9.59 Å². The lowest BCUT2D eigenvalue weighted by molar-refractivity contribution is 0.0372. The van der Waals surface area contributed by atoms with Crippen LogP contribution in [0.5, 0.6) is 0 Å². The Hall–Kier alpha value is -1.97. The highest BCUT2D eigenvalue weighted by Gasteiger charge is 2.43. The van der Waals surface area contributed by atoms with Crippen LogP contribution in [0.15, 0.2) is 9.59 Å². The van der Waals surface area contributed by atoms with Gasteiger partial charge in [-0.15, -0.1) is 0 Å². The molecule has 0 radical (unpaired) electrons. The maximum absolute atomic E-state index is 13.1. The first-order valence-electron chi connectivity index (χ1n) is 13.9. The summed E-state index contributed by atoms with van der Waals surface area (Å²) in [6.45, 7) is 11.1. The van der Waals surface area contributed by atoms with E-state index in [1.54, 1.807) is 4.57 Å². The first-order chi connectivity index (χ1) is 17.1. The number of rotatable bonds is 10. The van der Waals surface area contributed by atoms with E-state index in [-0.39, 0.29) is 11.2 Å². The minimum atomic E-state index is -0.227. The average Bonchev–Trinajstić information content (AvgIpc) is 3.41. The van der Waals surface area contributed by atoms with Crippen molar-refractivity contribution in [3.05, 3.63) is 26.7 Å². The Kier molecular flexibility index (Phi) is 7.74. The van der Waals surface area contributed by atoms with E-state index in [2.05, 4.69) is 15.2 Å². The summed E-state index contributed by atoms with van der Waals surface area (Å²) in [6, 6.07) is 0.598. The van der Waals surface area contributed by atoms with Crippen LogP contribution >= 0.6 is 0 Å². The van der Waals surface area contributed by atoms with Gasteiger partial charge in [-0.2, -0.15) is 0 Å². The van der Waals surface area contributed by atoms with Crippen molar-refractivity contribution in [2.24, 2.45) is 11.8 Å². The SMILES string of the molecule is CCCn1c(=O)c2[nH]c(C3CC4CCC(C3)C4NCCCN3CCOCC3)nc2n(CCC)c1=O. The Morgan fingerprint density at radius 3 is 2.37 bits per heavy atom. The lowest BCUT2D eigenvalue weighted by Gasteiger charge is -2.35. The van der Waals surface area contributed by atoms with Gasteiger partial charge in [0.15, 0.2) is 5.65 Å². The Bertz CT molecular complexity index is 1100. The van der Waals surface area contributed by atoms with Crippen LogP contribution in [0, 0.1) is 11.8 Å². The number of nitrogens with zero attached hydrogens (tertiary/aromatic N) is 4. The van der Waals surface area contributed by atoms with Gasteiger partial charge in [0.05, 0.1) is 13.2 Å². The smallest absolute Gasteiger partial charge is 0.332 e. The van der Waals surface area contributed by atoms with Gasteiger partial charge in [0.2, 0.25) is 0 Å². The van der Waals surface area contributed by atoms with E-state index in [4.69, 9.17) is 9.72 Å². The van der Waals surface area contributed by atoms with Gasteiger partial charge in [0.1, 0.15) is 11.3 Å². The standard InChI is InChI=1S/C26H42N6O3/c1-3-9-31-24-22(25(33)32(10-4-2)26(31)34)28-23(29-24)20-16-18-6-7-19(17-20)21(18)27-8-5-11-30-12-14-35-15-13-30/h18-21,27H,3-17H2,1-2H3,(H,28,29). The number of nitrogens with one attached hydrogen (secondary N) is 2. The number of hydrogen-bond acceptors (Lipinski definition) is 6. The molecule has 0 aromatic carbocycles. The number of aromatic nitrogens is 4. The van der Waals surface area contributed by atoms with Crippen molar-refractivity contribution in [2.75, 3.05) is 39.4 Å². The molecule has 9 nitrogen and oxygen atoms in total. The molecule has 1 saturated heterocycles. The number of aromatic amines is 1. The summed E-state index contributed by atoms with van der Waals surface area (Å²) in [5.41, 5.74) is 0.586. The van der Waals surface area contributed by atoms with Gasteiger partial charge in [0, 0.05) is 38.1 Å². The monoisotopic (exact) mass is 486 g/mol. The third-order valence-corrected chi connectivity index (χ3v) is 8.39. The van der Waals surface area contributed by atoms with Crippen molar-refractivity contribution < 1.29 is 4.74 Å². The molecule has 2 aliphatic carbocycles. The zero-order valence-corrected chi connectivity index (χ0v) is 21.4. The molecule has 2 atom stereocenters. The van der Waals surface area contributed by atoms with Crippen LogP contribution in [-0.4, -0.2) is 69.4 Å². The van der Waals surface area contributed by atoms with Gasteiger partial charge in [-0.05, 0) is 69.9 Å². The zero-order chi connectivity index (χ0) is 24.4. The number of hydrogen-bond donors (Lipinski definition) is 2. The van der Waals surface area contributed by atoms with Crippen LogP contribution in [0.1, 0.15) is 70.5 Å². The Labute approximate surface area is 207 Å². The molecule has 2 saturated carbocycles. The molecule has 9 heteroatoms. The molecule has 2 aromatic heterocycles. The van der Waals surface area contributed by atoms with Crippen LogP contribution < -0.4 is 16.6 Å². The molecule has 0 amide bonds. The summed E-state index contributed by atoms with van der Waals surface area (Å²) in [6.07, 6.45) is 7.49. The van der Waals surface area contributed by atoms with E-state index < -0.39 is 0 Å². The van der Waals surface area contributed by atoms with Gasteiger partial charge in [0.25, 0.3) is 5.56 Å². The highest BCUT2D eigenvalue weighted by Crippen LogP contribution is 2.48. The molecule has 35 heavy (non-hydrogen) atoms. The van der Waals surface area contributed by atoms with Crippen LogP contribution in [0.3, 0.4) is 0 Å². The summed E-state index contributed by atoms with van der Waals surface area (Å²) in [4.78, 5) is 36.9. The molecule has 3 aliphatic rings. The molecule has 3 fully saturated rings. The molecule has 194 valence electrons. The summed E-state index contributed by atoms with van der Waals surface area (Å²) in [7, 11) is 0. The second kappa shape index (κ2) is 11.0. The second-order valence-electron chi connectivity index (χ2n) is 10.8. The highest BCUT2D eigenvalue weighted by atomic mass is 16.5. The minimum absolute atomic E-state index is 0.225. The molecule has 5 rings (SSSR count). The summed E-state index contributed by atoms with van der Waals surface area (Å²) >= 11 is 0. The molecule has 1 aliphatic heterocycles. The summed E-state index contributed by atoms with van der Waals surface area (Å²) in [5, 5.41) is 3.90. The van der Waals surface area contributed by atoms with Crippen molar-refractivity contribution in [3.8, 4) is 0 Å². The van der Waals surface area contributed by atoms with Crippen molar-refractivity contribution in [1.29, 1.82) is 0 Å². The number of fused-ring (bicyclic) bond motifs is 3. The van der Waals surface area contributed by atoms with Gasteiger partial charge < -0.3 is 15.0 Å². The van der Waals surface area contributed by atoms with E-state index in [0.29, 0.717) is 48.0 Å². The number of morpholine rings is 1. The number of imidazole rings is 1. The third kappa shape index (κ3) is 5.00. The molecule has 0 spiro atoms. The van der Waals surface area contributed by atoms with Crippen molar-refractivity contribution in [2.45, 2.75) is 83.8 Å². The highest BCUT2D eigenvalue weighted by molar-refractivity contribution is 5.70. The summed E-state index contributed by atoms with van der Waals surface area (Å²) in [5.74, 6) is 2.55. The Morgan fingerprint density at radius 1 is 1.00 bits per heavy atom. The lowest BCUT2D eigenvalue weighted by Crippen LogP contribution is -2.43. The fourth-order valence-electron chi connectivity index (χ4n) is 6.70. The molecule has 3 heterocycles. The minimum Gasteiger partial charge on any atom is -0.379 e. The predicted molar refractivity (Wildman–Crippen MR) is 137 cm³/mol. The molecule has 2 aromatic rings. The Balaban J connectivity index is 1.27. The van der Waals surface area contributed by atoms with Crippen molar-refractivity contribution in [3.63, 3.8) is 0 Å². The lowest BCUT2D eigenvalue weighted by atomic mass is 9.77. The van der Waals surface area contributed by atoms with Gasteiger partial charge in [-0.25, -0.2) is 9.78 Å². The first kappa shape index (κ1) is 24.7. The maximum atomic E-state index is 13.1. The first-order valence-corrected chi connectivity index (χ1v) is 13.9. The third-order valence-electron chi connectivity index (χ3n) is 8.39. The topological polar surface area (TPSA) is 97.2 Å². The average molecular weight is 487 g/mol. The van der Waals surface area contributed by atoms with Crippen LogP contribution in [0.25, 0.3) is 11.2 Å². The molecule has 2 unspecified atom stereocenters. The molecular formula is C26H42N6O3. The zero-order valence-electron chi connectivity index (χ0n) is 21.4. The van der Waals surface area contributed by atoms with E-state index >= 15 is 0 Å². The largest absolute Gasteiger partial charge is 0.379 e. The van der Waals surface area contributed by atoms with E-state index in [1.807, 2.05) is 13.8 Å². The van der Waals surface area contributed by atoms with Crippen LogP contribution in [-0.2, 0) is 17.8 Å². The fourth-order valence-corrected chi connectivity index (χ4v) is 6.70. The normalized spacial score (nSPS) is 27.1. The van der Waals surface area contributed by atoms with Gasteiger partial charge in [-0.3, -0.25) is 18.8 Å². The fraction of sp³-hybridized carbons (Fsp3) is 0.808. The second-order valence-corrected chi connectivity index (χ2v) is 10.8. The maximum Gasteiger partial charge on any atom is 0.332 e. The van der Waals surface area contributed by atoms with Gasteiger partial charge >= 0.3 is 5.69 Å². The van der Waals surface area contributed by atoms with Gasteiger partial charge in [-0.1, -0.05) is 13.8 Å². The van der Waals surface area contributed by atoms with Crippen LogP contribution in [0.2, 0.25) is 0 Å². The van der Waals surface area contributed by atoms with E-state index in [1.165, 1.54) is 23.8 Å². The summed E-state index contributed by atoms with van der Waals surface area (Å²) < 4.78 is 8.52. The van der Waals surface area contributed by atoms with Crippen molar-refractivity contribution >= 4 is 11.2 Å². The van der Waals surface area contributed by atoms with E-state index in [0.717, 1.165) is 70.9 Å². The number of H-pyrrole nitrogens is 1. The Morgan fingerprint density at radius 2 is 1.69 bits per heavy atom. The molecule has 2 N–H and O–H groups in total. The quantitative estimate of drug-likeness (QED) is 0.500. The number of ether oxygens (including phenoxy) is 1. The van der Waals surface area contributed by atoms with Crippen LogP contribution in [0.4, 0.5) is 0 Å². The molecular weight excluding hydrogens is 444 g/mol.